The van der Waals surface area contributed by atoms with Gasteiger partial charge in [-0.05, 0) is 0 Å². The van der Waals surface area contributed by atoms with Gasteiger partial charge in [-0.1, -0.05) is 0 Å². The first-order chi connectivity index (χ1) is 9.81. The summed E-state index contributed by atoms with van der Waals surface area (Å²) in [6.07, 6.45) is -5.77. The fourth-order valence-electron chi connectivity index (χ4n) is 1.96. The first-order valence-electron chi connectivity index (χ1n) is 6.30. The highest BCUT2D eigenvalue weighted by atomic mass is 32.1. The molecule has 1 rings (SSSR count). The first-order valence-corrected chi connectivity index (χ1v) is 6.94. The molecular formula is C11H20N2O7S. The van der Waals surface area contributed by atoms with Crippen LogP contribution in [-0.2, 0) is 14.3 Å². The SMILES string of the molecule is CC(=O)NC(CS)C(=O)NC1C(O)OC(CO)[C@@H](O)C1O. The Kier molecular flexibility index (Phi) is 6.84. The molecule has 0 aliphatic carbocycles. The molecule has 1 aliphatic heterocycles. The number of thiol groups is 1. The van der Waals surface area contributed by atoms with Gasteiger partial charge in [0.1, 0.15) is 30.4 Å². The van der Waals surface area contributed by atoms with Gasteiger partial charge in [-0.15, -0.1) is 0 Å². The molecule has 1 heterocycles. The minimum absolute atomic E-state index is 0.00694. The van der Waals surface area contributed by atoms with Gasteiger partial charge in [0.2, 0.25) is 11.8 Å². The predicted molar refractivity (Wildman–Crippen MR) is 73.4 cm³/mol. The molecular weight excluding hydrogens is 304 g/mol. The van der Waals surface area contributed by atoms with E-state index in [1.54, 1.807) is 0 Å². The molecule has 1 fully saturated rings. The summed E-state index contributed by atoms with van der Waals surface area (Å²) >= 11 is 3.93. The van der Waals surface area contributed by atoms with Crippen molar-refractivity contribution in [1.29, 1.82) is 0 Å². The van der Waals surface area contributed by atoms with E-state index in [1.165, 1.54) is 6.92 Å². The van der Waals surface area contributed by atoms with Gasteiger partial charge in [-0.25, -0.2) is 0 Å². The Hall–Kier alpha value is -0.910. The van der Waals surface area contributed by atoms with E-state index in [4.69, 9.17) is 9.84 Å². The average molecular weight is 324 g/mol. The van der Waals surface area contributed by atoms with E-state index in [9.17, 15) is 24.9 Å². The fourth-order valence-corrected chi connectivity index (χ4v) is 2.21. The van der Waals surface area contributed by atoms with Crippen LogP contribution in [0.4, 0.5) is 0 Å². The minimum atomic E-state index is -1.61. The van der Waals surface area contributed by atoms with Gasteiger partial charge in [-0.3, -0.25) is 9.59 Å². The highest BCUT2D eigenvalue weighted by Gasteiger charge is 2.44. The average Bonchev–Trinajstić information content (AvgIpc) is 2.44. The van der Waals surface area contributed by atoms with Crippen LogP contribution < -0.4 is 10.6 Å². The van der Waals surface area contributed by atoms with Crippen molar-refractivity contribution in [2.45, 2.75) is 43.6 Å². The highest BCUT2D eigenvalue weighted by Crippen LogP contribution is 2.19. The topological polar surface area (TPSA) is 148 Å². The van der Waals surface area contributed by atoms with Gasteiger partial charge >= 0.3 is 0 Å². The summed E-state index contributed by atoms with van der Waals surface area (Å²) in [6, 6.07) is -2.26. The maximum atomic E-state index is 11.9. The summed E-state index contributed by atoms with van der Waals surface area (Å²) < 4.78 is 4.90. The number of aliphatic hydroxyl groups excluding tert-OH is 4. The molecule has 0 saturated carbocycles. The number of carbonyl (C=O) groups excluding carboxylic acids is 2. The standard InChI is InChI=1S/C11H20N2O7S/c1-4(15)12-5(3-21)10(18)13-7-9(17)8(16)6(2-14)20-11(7)19/h5-9,11,14,16-17,19,21H,2-3H2,1H3,(H,12,15)(H,13,18)/t5?,6?,7?,8-,9?,11?/m1/s1. The van der Waals surface area contributed by atoms with E-state index in [0.29, 0.717) is 0 Å². The zero-order valence-corrected chi connectivity index (χ0v) is 12.2. The van der Waals surface area contributed by atoms with Crippen molar-refractivity contribution in [3.05, 3.63) is 0 Å². The molecule has 0 spiro atoms. The van der Waals surface area contributed by atoms with Crippen LogP contribution in [0.15, 0.2) is 0 Å². The summed E-state index contributed by atoms with van der Waals surface area (Å²) in [5.74, 6) is -1.13. The van der Waals surface area contributed by atoms with Crippen molar-refractivity contribution < 1.29 is 34.8 Å². The second kappa shape index (κ2) is 7.92. The normalized spacial score (nSPS) is 34.1. The van der Waals surface area contributed by atoms with Crippen LogP contribution in [0.5, 0.6) is 0 Å². The number of aliphatic hydroxyl groups is 4. The Morgan fingerprint density at radius 2 is 1.90 bits per heavy atom. The lowest BCUT2D eigenvalue weighted by Gasteiger charge is -2.40. The van der Waals surface area contributed by atoms with Crippen molar-refractivity contribution in [3.63, 3.8) is 0 Å². The van der Waals surface area contributed by atoms with E-state index in [2.05, 4.69) is 23.3 Å². The second-order valence-corrected chi connectivity index (χ2v) is 5.06. The number of hydrogen-bond donors (Lipinski definition) is 7. The molecule has 1 aliphatic rings. The molecule has 0 aromatic carbocycles. The molecule has 0 bridgehead atoms. The van der Waals surface area contributed by atoms with Gasteiger partial charge in [-0.2, -0.15) is 12.6 Å². The van der Waals surface area contributed by atoms with E-state index in [1.807, 2.05) is 0 Å². The Morgan fingerprint density at radius 1 is 1.29 bits per heavy atom. The molecule has 2 amide bonds. The number of carbonyl (C=O) groups is 2. The molecule has 6 N–H and O–H groups in total. The third kappa shape index (κ3) is 4.53. The highest BCUT2D eigenvalue weighted by molar-refractivity contribution is 7.80. The van der Waals surface area contributed by atoms with Gasteiger partial charge in [0.25, 0.3) is 0 Å². The van der Waals surface area contributed by atoms with Crippen LogP contribution in [0.3, 0.4) is 0 Å². The van der Waals surface area contributed by atoms with Crippen LogP contribution >= 0.6 is 12.6 Å². The minimum Gasteiger partial charge on any atom is -0.394 e. The fraction of sp³-hybridized carbons (Fsp3) is 0.818. The summed E-state index contributed by atoms with van der Waals surface area (Å²) in [5, 5.41) is 42.9. The zero-order chi connectivity index (χ0) is 16.2. The van der Waals surface area contributed by atoms with Crippen molar-refractivity contribution in [2.75, 3.05) is 12.4 Å². The summed E-state index contributed by atoms with van der Waals surface area (Å²) in [7, 11) is 0. The molecule has 0 aromatic rings. The lowest BCUT2D eigenvalue weighted by atomic mass is 9.97. The van der Waals surface area contributed by atoms with Crippen LogP contribution in [0, 0.1) is 0 Å². The lowest BCUT2D eigenvalue weighted by Crippen LogP contribution is -2.65. The summed E-state index contributed by atoms with van der Waals surface area (Å²) in [6.45, 7) is 0.633. The number of rotatable bonds is 5. The smallest absolute Gasteiger partial charge is 0.243 e. The van der Waals surface area contributed by atoms with Crippen molar-refractivity contribution in [2.24, 2.45) is 0 Å². The number of ether oxygens (including phenoxy) is 1. The molecule has 122 valence electrons. The number of nitrogens with one attached hydrogen (secondary N) is 2. The van der Waals surface area contributed by atoms with Crippen molar-refractivity contribution >= 4 is 24.4 Å². The van der Waals surface area contributed by atoms with Crippen LogP contribution in [0.1, 0.15) is 6.92 Å². The molecule has 6 atom stereocenters. The van der Waals surface area contributed by atoms with Gasteiger partial charge in [0, 0.05) is 12.7 Å². The first kappa shape index (κ1) is 18.1. The van der Waals surface area contributed by atoms with E-state index >= 15 is 0 Å². The van der Waals surface area contributed by atoms with Crippen LogP contribution in [0.2, 0.25) is 0 Å². The zero-order valence-electron chi connectivity index (χ0n) is 11.3. The second-order valence-electron chi connectivity index (χ2n) is 4.70. The summed E-state index contributed by atoms with van der Waals surface area (Å²) in [5.41, 5.74) is 0. The van der Waals surface area contributed by atoms with Gasteiger partial charge < -0.3 is 35.8 Å². The molecule has 9 nitrogen and oxygen atoms in total. The predicted octanol–water partition coefficient (Wildman–Crippen LogP) is -3.66. The van der Waals surface area contributed by atoms with E-state index < -0.39 is 55.1 Å². The summed E-state index contributed by atoms with van der Waals surface area (Å²) in [4.78, 5) is 22.9. The molecule has 0 aromatic heterocycles. The van der Waals surface area contributed by atoms with Gasteiger partial charge in [0.05, 0.1) is 6.61 Å². The lowest BCUT2D eigenvalue weighted by molar-refractivity contribution is -0.253. The molecule has 1 saturated heterocycles. The number of hydrogen-bond acceptors (Lipinski definition) is 8. The molecule has 10 heteroatoms. The third-order valence-corrected chi connectivity index (χ3v) is 3.45. The molecule has 0 radical (unpaired) electrons. The third-order valence-electron chi connectivity index (χ3n) is 3.09. The molecule has 21 heavy (non-hydrogen) atoms. The van der Waals surface area contributed by atoms with Crippen molar-refractivity contribution in [1.82, 2.24) is 10.6 Å². The Morgan fingerprint density at radius 3 is 2.38 bits per heavy atom. The van der Waals surface area contributed by atoms with E-state index in [0.717, 1.165) is 0 Å². The van der Waals surface area contributed by atoms with Crippen molar-refractivity contribution in [3.8, 4) is 0 Å². The Bertz CT molecular complexity index is 384. The van der Waals surface area contributed by atoms with Crippen LogP contribution in [0.25, 0.3) is 0 Å². The largest absolute Gasteiger partial charge is 0.394 e. The Labute approximate surface area is 126 Å². The quantitative estimate of drug-likeness (QED) is 0.258. The van der Waals surface area contributed by atoms with Gasteiger partial charge in [0.15, 0.2) is 6.29 Å². The van der Waals surface area contributed by atoms with Crippen LogP contribution in [-0.4, -0.2) is 81.3 Å². The maximum absolute atomic E-state index is 11.9. The monoisotopic (exact) mass is 324 g/mol. The molecule has 5 unspecified atom stereocenters. The van der Waals surface area contributed by atoms with E-state index in [-0.39, 0.29) is 5.75 Å². The number of amides is 2. The maximum Gasteiger partial charge on any atom is 0.243 e. The Balaban J connectivity index is 2.72.